The SMILES string of the molecule is NC1=NC(Cl)(c2ccccc2C(=O)O)NC=C1. The molecule has 0 saturated heterocycles. The van der Waals surface area contributed by atoms with Crippen LogP contribution < -0.4 is 11.1 Å². The number of halogens is 1. The normalized spacial score (nSPS) is 22.8. The number of carboxylic acids is 1. The van der Waals surface area contributed by atoms with Gasteiger partial charge in [0.2, 0.25) is 5.12 Å². The van der Waals surface area contributed by atoms with Crippen LogP contribution in [0, 0.1) is 0 Å². The van der Waals surface area contributed by atoms with Crippen LogP contribution in [0.15, 0.2) is 41.5 Å². The molecule has 88 valence electrons. The van der Waals surface area contributed by atoms with Crippen molar-refractivity contribution in [3.63, 3.8) is 0 Å². The number of hydrogen-bond acceptors (Lipinski definition) is 4. The van der Waals surface area contributed by atoms with E-state index in [1.54, 1.807) is 24.3 Å². The van der Waals surface area contributed by atoms with Crippen LogP contribution in [0.3, 0.4) is 0 Å². The van der Waals surface area contributed by atoms with Crippen LogP contribution in [0.25, 0.3) is 0 Å². The summed E-state index contributed by atoms with van der Waals surface area (Å²) in [7, 11) is 0. The topological polar surface area (TPSA) is 87.7 Å². The lowest BCUT2D eigenvalue weighted by Crippen LogP contribution is -2.38. The van der Waals surface area contributed by atoms with E-state index in [4.69, 9.17) is 22.4 Å². The van der Waals surface area contributed by atoms with Gasteiger partial charge in [0.15, 0.2) is 0 Å². The number of nitrogens with one attached hydrogen (secondary N) is 1. The third kappa shape index (κ3) is 2.09. The number of carboxylic acid groups (broad SMARTS) is 1. The summed E-state index contributed by atoms with van der Waals surface area (Å²) >= 11 is 6.25. The lowest BCUT2D eigenvalue weighted by atomic mass is 10.0. The van der Waals surface area contributed by atoms with E-state index in [1.807, 2.05) is 0 Å². The van der Waals surface area contributed by atoms with Gasteiger partial charge in [-0.15, -0.1) is 0 Å². The Bertz CT molecular complexity index is 527. The Morgan fingerprint density at radius 1 is 1.47 bits per heavy atom. The molecule has 0 aromatic heterocycles. The molecule has 0 radical (unpaired) electrons. The highest BCUT2D eigenvalue weighted by molar-refractivity contribution is 6.25. The van der Waals surface area contributed by atoms with Gasteiger partial charge in [-0.3, -0.25) is 0 Å². The van der Waals surface area contributed by atoms with E-state index in [1.165, 1.54) is 12.3 Å². The standard InChI is InChI=1S/C11H10ClN3O2/c12-11(14-6-5-9(13)15-11)8-4-2-1-3-7(8)10(16)17/h1-6,14H,(H2,13,15)(H,16,17). The fourth-order valence-electron chi connectivity index (χ4n) is 1.58. The molecule has 1 atom stereocenters. The van der Waals surface area contributed by atoms with Crippen LogP contribution in [-0.2, 0) is 5.12 Å². The summed E-state index contributed by atoms with van der Waals surface area (Å²) in [6.07, 6.45) is 3.08. The Morgan fingerprint density at radius 2 is 2.18 bits per heavy atom. The van der Waals surface area contributed by atoms with E-state index in [2.05, 4.69) is 10.3 Å². The zero-order chi connectivity index (χ0) is 12.5. The molecule has 0 saturated carbocycles. The molecule has 1 unspecified atom stereocenters. The number of carbonyl (C=O) groups is 1. The molecule has 1 heterocycles. The van der Waals surface area contributed by atoms with Gasteiger partial charge in [0.25, 0.3) is 0 Å². The van der Waals surface area contributed by atoms with Crippen LogP contribution in [0.2, 0.25) is 0 Å². The van der Waals surface area contributed by atoms with E-state index in [9.17, 15) is 4.79 Å². The maximum absolute atomic E-state index is 11.1. The highest BCUT2D eigenvalue weighted by atomic mass is 35.5. The zero-order valence-corrected chi connectivity index (χ0v) is 9.48. The fourth-order valence-corrected chi connectivity index (χ4v) is 1.91. The maximum Gasteiger partial charge on any atom is 0.336 e. The summed E-state index contributed by atoms with van der Waals surface area (Å²) in [6.45, 7) is 0. The van der Waals surface area contributed by atoms with Gasteiger partial charge in [-0.25, -0.2) is 9.79 Å². The van der Waals surface area contributed by atoms with Gasteiger partial charge in [-0.05, 0) is 12.1 Å². The van der Waals surface area contributed by atoms with Crippen LogP contribution in [-0.4, -0.2) is 16.9 Å². The van der Waals surface area contributed by atoms with Crippen molar-refractivity contribution in [1.29, 1.82) is 0 Å². The minimum atomic E-state index is -1.37. The first-order chi connectivity index (χ1) is 8.03. The summed E-state index contributed by atoms with van der Waals surface area (Å²) in [5.74, 6) is -0.829. The van der Waals surface area contributed by atoms with Gasteiger partial charge in [0.05, 0.1) is 5.56 Å². The third-order valence-corrected chi connectivity index (χ3v) is 2.72. The molecule has 6 heteroatoms. The predicted molar refractivity (Wildman–Crippen MR) is 64.8 cm³/mol. The molecular formula is C11H10ClN3O2. The Balaban J connectivity index is 2.54. The molecule has 2 rings (SSSR count). The molecular weight excluding hydrogens is 242 g/mol. The van der Waals surface area contributed by atoms with Gasteiger partial charge < -0.3 is 16.2 Å². The Labute approximate surface area is 103 Å². The lowest BCUT2D eigenvalue weighted by molar-refractivity contribution is 0.0694. The summed E-state index contributed by atoms with van der Waals surface area (Å²) in [6, 6.07) is 6.38. The molecule has 17 heavy (non-hydrogen) atoms. The van der Waals surface area contributed by atoms with Crippen molar-refractivity contribution >= 4 is 23.4 Å². The summed E-state index contributed by atoms with van der Waals surface area (Å²) in [5.41, 5.74) is 6.00. The lowest BCUT2D eigenvalue weighted by Gasteiger charge is -2.27. The molecule has 1 aliphatic heterocycles. The predicted octanol–water partition coefficient (Wildman–Crippen LogP) is 1.21. The van der Waals surface area contributed by atoms with Gasteiger partial charge in [-0.2, -0.15) is 0 Å². The van der Waals surface area contributed by atoms with Gasteiger partial charge in [0, 0.05) is 11.8 Å². The summed E-state index contributed by atoms with van der Waals surface area (Å²) in [4.78, 5) is 15.1. The molecule has 1 aromatic carbocycles. The number of nitrogens with two attached hydrogens (primary N) is 1. The number of aromatic carboxylic acids is 1. The minimum absolute atomic E-state index is 0.0850. The molecule has 0 amide bonds. The number of amidine groups is 1. The van der Waals surface area contributed by atoms with Crippen LogP contribution in [0.4, 0.5) is 0 Å². The summed E-state index contributed by atoms with van der Waals surface area (Å²) in [5, 5.41) is 10.5. The van der Waals surface area contributed by atoms with Crippen molar-refractivity contribution in [3.8, 4) is 0 Å². The van der Waals surface area contributed by atoms with Crippen LogP contribution in [0.5, 0.6) is 0 Å². The molecule has 0 bridgehead atoms. The fraction of sp³-hybridized carbons (Fsp3) is 0.0909. The number of alkyl halides is 1. The minimum Gasteiger partial charge on any atom is -0.478 e. The molecule has 0 spiro atoms. The second-order valence-corrected chi connectivity index (χ2v) is 4.03. The van der Waals surface area contributed by atoms with Crippen molar-refractivity contribution in [2.24, 2.45) is 10.7 Å². The van der Waals surface area contributed by atoms with Crippen molar-refractivity contribution in [3.05, 3.63) is 47.7 Å². The largest absolute Gasteiger partial charge is 0.478 e. The summed E-state index contributed by atoms with van der Waals surface area (Å²) < 4.78 is 0. The Morgan fingerprint density at radius 3 is 2.82 bits per heavy atom. The van der Waals surface area contributed by atoms with Gasteiger partial charge in [-0.1, -0.05) is 29.8 Å². The quantitative estimate of drug-likeness (QED) is 0.545. The monoisotopic (exact) mass is 251 g/mol. The van der Waals surface area contributed by atoms with Crippen molar-refractivity contribution < 1.29 is 9.90 Å². The van der Waals surface area contributed by atoms with E-state index in [-0.39, 0.29) is 11.4 Å². The second kappa shape index (κ2) is 4.10. The smallest absolute Gasteiger partial charge is 0.336 e. The first-order valence-electron chi connectivity index (χ1n) is 4.84. The van der Waals surface area contributed by atoms with E-state index in [0.717, 1.165) is 0 Å². The number of aliphatic imine (C=N–C) groups is 1. The highest BCUT2D eigenvalue weighted by Crippen LogP contribution is 2.31. The second-order valence-electron chi connectivity index (χ2n) is 3.49. The molecule has 4 N–H and O–H groups in total. The Kier molecular flexibility index (Phi) is 2.77. The number of benzene rings is 1. The maximum atomic E-state index is 11.1. The van der Waals surface area contributed by atoms with Gasteiger partial charge in [0.1, 0.15) is 5.84 Å². The molecule has 1 aromatic rings. The average Bonchev–Trinajstić information content (AvgIpc) is 2.28. The van der Waals surface area contributed by atoms with E-state index in [0.29, 0.717) is 5.56 Å². The number of rotatable bonds is 2. The van der Waals surface area contributed by atoms with Crippen molar-refractivity contribution in [1.82, 2.24) is 5.32 Å². The average molecular weight is 252 g/mol. The zero-order valence-electron chi connectivity index (χ0n) is 8.72. The van der Waals surface area contributed by atoms with Crippen molar-refractivity contribution in [2.45, 2.75) is 5.12 Å². The number of hydrogen-bond donors (Lipinski definition) is 3. The Hall–Kier alpha value is -2.01. The molecule has 5 nitrogen and oxygen atoms in total. The molecule has 1 aliphatic rings. The molecule has 0 fully saturated rings. The highest BCUT2D eigenvalue weighted by Gasteiger charge is 2.33. The number of nitrogens with zero attached hydrogens (tertiary/aromatic N) is 1. The van der Waals surface area contributed by atoms with Crippen LogP contribution >= 0.6 is 11.6 Å². The van der Waals surface area contributed by atoms with Crippen LogP contribution in [0.1, 0.15) is 15.9 Å². The first-order valence-corrected chi connectivity index (χ1v) is 5.22. The third-order valence-electron chi connectivity index (χ3n) is 2.33. The van der Waals surface area contributed by atoms with E-state index >= 15 is 0 Å². The molecule has 0 aliphatic carbocycles. The van der Waals surface area contributed by atoms with Gasteiger partial charge >= 0.3 is 5.97 Å². The van der Waals surface area contributed by atoms with Crippen molar-refractivity contribution in [2.75, 3.05) is 0 Å². The first kappa shape index (κ1) is 11.5. The van der Waals surface area contributed by atoms with E-state index < -0.39 is 11.1 Å².